The second-order valence-corrected chi connectivity index (χ2v) is 4.23. The number of nitrogens with one attached hydrogen (secondary N) is 1. The molecule has 1 fully saturated rings. The first-order valence-corrected chi connectivity index (χ1v) is 4.86. The SMILES string of the molecule is COCC1(C(C)C)CCC(=O)NC1. The van der Waals surface area contributed by atoms with E-state index in [0.717, 1.165) is 19.6 Å². The van der Waals surface area contributed by atoms with Crippen molar-refractivity contribution in [2.45, 2.75) is 26.7 Å². The van der Waals surface area contributed by atoms with Gasteiger partial charge in [-0.05, 0) is 12.3 Å². The number of hydrogen-bond donors (Lipinski definition) is 1. The standard InChI is InChI=1S/C10H19NO2/c1-8(2)10(7-13-3)5-4-9(12)11-6-10/h8H,4-7H2,1-3H3,(H,11,12). The second-order valence-electron chi connectivity index (χ2n) is 4.23. The molecule has 76 valence electrons. The van der Waals surface area contributed by atoms with Crippen LogP contribution in [0.1, 0.15) is 26.7 Å². The number of methoxy groups -OCH3 is 1. The predicted octanol–water partition coefficient (Wildman–Crippen LogP) is 1.19. The van der Waals surface area contributed by atoms with Crippen LogP contribution in [0.3, 0.4) is 0 Å². The van der Waals surface area contributed by atoms with E-state index in [9.17, 15) is 4.79 Å². The molecule has 1 aliphatic heterocycles. The lowest BCUT2D eigenvalue weighted by Gasteiger charge is -2.40. The summed E-state index contributed by atoms with van der Waals surface area (Å²) in [4.78, 5) is 11.0. The molecule has 0 aromatic rings. The third-order valence-corrected chi connectivity index (χ3v) is 3.14. The number of hydrogen-bond acceptors (Lipinski definition) is 2. The number of carbonyl (C=O) groups is 1. The molecule has 3 heteroatoms. The van der Waals surface area contributed by atoms with Crippen molar-refractivity contribution in [2.24, 2.45) is 11.3 Å². The molecule has 0 radical (unpaired) electrons. The Balaban J connectivity index is 2.63. The molecule has 1 atom stereocenters. The van der Waals surface area contributed by atoms with E-state index in [-0.39, 0.29) is 11.3 Å². The number of rotatable bonds is 3. The maximum Gasteiger partial charge on any atom is 0.220 e. The van der Waals surface area contributed by atoms with E-state index in [2.05, 4.69) is 19.2 Å². The molecule has 1 amide bonds. The zero-order valence-corrected chi connectivity index (χ0v) is 8.72. The highest BCUT2D eigenvalue weighted by Gasteiger charge is 2.37. The van der Waals surface area contributed by atoms with Gasteiger partial charge in [0.1, 0.15) is 0 Å². The summed E-state index contributed by atoms with van der Waals surface area (Å²) in [7, 11) is 1.72. The molecular formula is C10H19NO2. The molecule has 0 aromatic carbocycles. The Hall–Kier alpha value is -0.570. The van der Waals surface area contributed by atoms with Gasteiger partial charge in [0.25, 0.3) is 0 Å². The van der Waals surface area contributed by atoms with Crippen LogP contribution >= 0.6 is 0 Å². The summed E-state index contributed by atoms with van der Waals surface area (Å²) in [6, 6.07) is 0. The Morgan fingerprint density at radius 3 is 2.69 bits per heavy atom. The smallest absolute Gasteiger partial charge is 0.220 e. The van der Waals surface area contributed by atoms with Crippen LogP contribution in [0.25, 0.3) is 0 Å². The molecule has 0 saturated carbocycles. The van der Waals surface area contributed by atoms with Crippen molar-refractivity contribution in [3.8, 4) is 0 Å². The van der Waals surface area contributed by atoms with E-state index < -0.39 is 0 Å². The van der Waals surface area contributed by atoms with Crippen molar-refractivity contribution in [2.75, 3.05) is 20.3 Å². The third kappa shape index (κ3) is 2.21. The average Bonchev–Trinajstić information content (AvgIpc) is 2.09. The highest BCUT2D eigenvalue weighted by atomic mass is 16.5. The molecular weight excluding hydrogens is 166 g/mol. The summed E-state index contributed by atoms with van der Waals surface area (Å²) in [6.07, 6.45) is 1.59. The van der Waals surface area contributed by atoms with Gasteiger partial charge in [0.2, 0.25) is 5.91 Å². The van der Waals surface area contributed by atoms with Crippen molar-refractivity contribution in [3.63, 3.8) is 0 Å². The Labute approximate surface area is 79.8 Å². The van der Waals surface area contributed by atoms with E-state index in [1.165, 1.54) is 0 Å². The molecule has 1 aliphatic rings. The molecule has 1 rings (SSSR count). The fourth-order valence-corrected chi connectivity index (χ4v) is 1.88. The predicted molar refractivity (Wildman–Crippen MR) is 51.4 cm³/mol. The molecule has 0 aliphatic carbocycles. The minimum absolute atomic E-state index is 0.155. The van der Waals surface area contributed by atoms with Crippen LogP contribution in [-0.2, 0) is 9.53 Å². The van der Waals surface area contributed by atoms with Crippen LogP contribution < -0.4 is 5.32 Å². The third-order valence-electron chi connectivity index (χ3n) is 3.14. The van der Waals surface area contributed by atoms with Gasteiger partial charge in [-0.2, -0.15) is 0 Å². The number of piperidine rings is 1. The van der Waals surface area contributed by atoms with Crippen molar-refractivity contribution < 1.29 is 9.53 Å². The first-order valence-electron chi connectivity index (χ1n) is 4.86. The minimum atomic E-state index is 0.155. The summed E-state index contributed by atoms with van der Waals surface area (Å²) >= 11 is 0. The first kappa shape index (κ1) is 10.5. The average molecular weight is 185 g/mol. The van der Waals surface area contributed by atoms with Gasteiger partial charge in [-0.25, -0.2) is 0 Å². The Morgan fingerprint density at radius 2 is 2.31 bits per heavy atom. The van der Waals surface area contributed by atoms with E-state index in [0.29, 0.717) is 12.3 Å². The highest BCUT2D eigenvalue weighted by Crippen LogP contribution is 2.34. The maximum absolute atomic E-state index is 11.0. The molecule has 3 nitrogen and oxygen atoms in total. The van der Waals surface area contributed by atoms with Crippen LogP contribution in [0.15, 0.2) is 0 Å². The molecule has 1 heterocycles. The van der Waals surface area contributed by atoms with Crippen LogP contribution in [-0.4, -0.2) is 26.2 Å². The van der Waals surface area contributed by atoms with Crippen LogP contribution in [0.5, 0.6) is 0 Å². The van der Waals surface area contributed by atoms with Crippen molar-refractivity contribution in [1.29, 1.82) is 0 Å². The molecule has 0 aromatic heterocycles. The fraction of sp³-hybridized carbons (Fsp3) is 0.900. The lowest BCUT2D eigenvalue weighted by Crippen LogP contribution is -2.48. The summed E-state index contributed by atoms with van der Waals surface area (Å²) < 4.78 is 5.23. The lowest BCUT2D eigenvalue weighted by molar-refractivity contribution is -0.126. The maximum atomic E-state index is 11.0. The summed E-state index contributed by atoms with van der Waals surface area (Å²) in [5.74, 6) is 0.723. The van der Waals surface area contributed by atoms with E-state index >= 15 is 0 Å². The Morgan fingerprint density at radius 1 is 1.62 bits per heavy atom. The van der Waals surface area contributed by atoms with Gasteiger partial charge in [-0.3, -0.25) is 4.79 Å². The van der Waals surface area contributed by atoms with Crippen LogP contribution in [0.2, 0.25) is 0 Å². The fourth-order valence-electron chi connectivity index (χ4n) is 1.88. The van der Waals surface area contributed by atoms with Gasteiger partial charge in [-0.15, -0.1) is 0 Å². The summed E-state index contributed by atoms with van der Waals surface area (Å²) in [6.45, 7) is 5.88. The largest absolute Gasteiger partial charge is 0.384 e. The van der Waals surface area contributed by atoms with E-state index in [1.54, 1.807) is 7.11 Å². The van der Waals surface area contributed by atoms with Gasteiger partial charge >= 0.3 is 0 Å². The molecule has 1 saturated heterocycles. The van der Waals surface area contributed by atoms with E-state index in [4.69, 9.17) is 4.74 Å². The van der Waals surface area contributed by atoms with Gasteiger partial charge in [-0.1, -0.05) is 13.8 Å². The Bertz CT molecular complexity index is 179. The summed E-state index contributed by atoms with van der Waals surface area (Å²) in [5, 5.41) is 2.92. The molecule has 1 N–H and O–H groups in total. The van der Waals surface area contributed by atoms with Crippen molar-refractivity contribution in [3.05, 3.63) is 0 Å². The second kappa shape index (κ2) is 4.09. The quantitative estimate of drug-likeness (QED) is 0.717. The van der Waals surface area contributed by atoms with Gasteiger partial charge in [0, 0.05) is 25.5 Å². The van der Waals surface area contributed by atoms with Gasteiger partial charge < -0.3 is 10.1 Å². The molecule has 13 heavy (non-hydrogen) atoms. The van der Waals surface area contributed by atoms with Gasteiger partial charge in [0.15, 0.2) is 0 Å². The van der Waals surface area contributed by atoms with Crippen LogP contribution in [0, 0.1) is 11.3 Å². The highest BCUT2D eigenvalue weighted by molar-refractivity contribution is 5.76. The monoisotopic (exact) mass is 185 g/mol. The van der Waals surface area contributed by atoms with Gasteiger partial charge in [0.05, 0.1) is 6.61 Å². The van der Waals surface area contributed by atoms with Crippen molar-refractivity contribution >= 4 is 5.91 Å². The molecule has 0 bridgehead atoms. The first-order chi connectivity index (χ1) is 6.10. The topological polar surface area (TPSA) is 38.3 Å². The number of ether oxygens (including phenoxy) is 1. The van der Waals surface area contributed by atoms with E-state index in [1.807, 2.05) is 0 Å². The normalized spacial score (nSPS) is 29.1. The Kier molecular flexibility index (Phi) is 3.31. The van der Waals surface area contributed by atoms with Crippen molar-refractivity contribution in [1.82, 2.24) is 5.32 Å². The summed E-state index contributed by atoms with van der Waals surface area (Å²) in [5.41, 5.74) is 0.155. The lowest BCUT2D eigenvalue weighted by atomic mass is 9.72. The molecule has 1 unspecified atom stereocenters. The zero-order chi connectivity index (χ0) is 9.90. The number of amides is 1. The number of carbonyl (C=O) groups excluding carboxylic acids is 1. The zero-order valence-electron chi connectivity index (χ0n) is 8.72. The minimum Gasteiger partial charge on any atom is -0.384 e. The molecule has 0 spiro atoms. The van der Waals surface area contributed by atoms with Crippen LogP contribution in [0.4, 0.5) is 0 Å².